The molecule has 4 rings (SSSR count). The van der Waals surface area contributed by atoms with Gasteiger partial charge in [0.15, 0.2) is 0 Å². The molecule has 0 amide bonds. The summed E-state index contributed by atoms with van der Waals surface area (Å²) in [4.78, 5) is 33.6. The van der Waals surface area contributed by atoms with Crippen molar-refractivity contribution < 1.29 is 4.52 Å². The van der Waals surface area contributed by atoms with E-state index in [-0.39, 0.29) is 24.6 Å². The number of aromatic amines is 1. The second-order valence-electron chi connectivity index (χ2n) is 7.46. The number of rotatable bonds is 7. The third-order valence-electron chi connectivity index (χ3n) is 5.20. The summed E-state index contributed by atoms with van der Waals surface area (Å²) in [6.45, 7) is 4.74. The molecule has 0 radical (unpaired) electrons. The number of hydrogen-bond donors (Lipinski definition) is 2. The highest BCUT2D eigenvalue weighted by Gasteiger charge is 2.20. The van der Waals surface area contributed by atoms with Gasteiger partial charge in [0, 0.05) is 12.1 Å². The summed E-state index contributed by atoms with van der Waals surface area (Å²) in [5.74, 6) is 0.886. The largest absolute Gasteiger partial charge is 0.383 e. The summed E-state index contributed by atoms with van der Waals surface area (Å²) in [6, 6.07) is 17.2. The fourth-order valence-corrected chi connectivity index (χ4v) is 3.46. The van der Waals surface area contributed by atoms with E-state index in [1.165, 1.54) is 4.57 Å². The molecular formula is C23H24N6O3. The Bertz CT molecular complexity index is 1320. The van der Waals surface area contributed by atoms with E-state index in [9.17, 15) is 9.59 Å². The maximum absolute atomic E-state index is 12.7. The van der Waals surface area contributed by atoms with E-state index in [0.717, 1.165) is 16.7 Å². The van der Waals surface area contributed by atoms with Crippen molar-refractivity contribution in [3.05, 3.63) is 92.5 Å². The van der Waals surface area contributed by atoms with E-state index in [1.54, 1.807) is 4.90 Å². The minimum atomic E-state index is -0.560. The standard InChI is InChI=1S/C23H24N6O3/c1-3-28(14-18-25-21(27-32-18)17-11-9-15(2)10-12-17)19-20(24)29(23(31)26-22(19)30)13-16-7-5-4-6-8-16/h4-12H,3,13-14,24H2,1-2H3,(H,26,30,31). The van der Waals surface area contributed by atoms with Crippen LogP contribution in [0.5, 0.6) is 0 Å². The second-order valence-corrected chi connectivity index (χ2v) is 7.46. The van der Waals surface area contributed by atoms with Crippen LogP contribution < -0.4 is 21.9 Å². The van der Waals surface area contributed by atoms with Crippen LogP contribution in [0, 0.1) is 6.92 Å². The fourth-order valence-electron chi connectivity index (χ4n) is 3.46. The molecule has 32 heavy (non-hydrogen) atoms. The molecule has 2 aromatic heterocycles. The van der Waals surface area contributed by atoms with Crippen LogP contribution in [0.3, 0.4) is 0 Å². The number of nitrogens with one attached hydrogen (secondary N) is 1. The van der Waals surface area contributed by atoms with Gasteiger partial charge in [0.05, 0.1) is 13.1 Å². The third kappa shape index (κ3) is 4.31. The highest BCUT2D eigenvalue weighted by molar-refractivity contribution is 5.62. The fraction of sp³-hybridized carbons (Fsp3) is 0.217. The topological polar surface area (TPSA) is 123 Å². The molecule has 2 aromatic carbocycles. The monoisotopic (exact) mass is 432 g/mol. The molecule has 0 saturated heterocycles. The third-order valence-corrected chi connectivity index (χ3v) is 5.20. The molecule has 0 fully saturated rings. The van der Waals surface area contributed by atoms with Gasteiger partial charge in [0.25, 0.3) is 5.56 Å². The smallest absolute Gasteiger partial charge is 0.330 e. The Kier molecular flexibility index (Phi) is 5.89. The maximum Gasteiger partial charge on any atom is 0.330 e. The lowest BCUT2D eigenvalue weighted by Gasteiger charge is -2.23. The van der Waals surface area contributed by atoms with Crippen LogP contribution in [-0.4, -0.2) is 26.2 Å². The number of hydrogen-bond acceptors (Lipinski definition) is 7. The van der Waals surface area contributed by atoms with E-state index < -0.39 is 11.2 Å². The number of H-pyrrole nitrogens is 1. The van der Waals surface area contributed by atoms with Gasteiger partial charge in [-0.3, -0.25) is 14.3 Å². The minimum absolute atomic E-state index is 0.0859. The molecule has 0 unspecified atom stereocenters. The molecule has 2 heterocycles. The van der Waals surface area contributed by atoms with E-state index in [2.05, 4.69) is 15.1 Å². The first kappa shape index (κ1) is 21.1. The quantitative estimate of drug-likeness (QED) is 0.460. The predicted octanol–water partition coefficient (Wildman–Crippen LogP) is 2.55. The van der Waals surface area contributed by atoms with Crippen LogP contribution in [0.2, 0.25) is 0 Å². The highest BCUT2D eigenvalue weighted by atomic mass is 16.5. The molecule has 0 bridgehead atoms. The first-order valence-corrected chi connectivity index (χ1v) is 10.3. The van der Waals surface area contributed by atoms with Gasteiger partial charge in [-0.1, -0.05) is 65.3 Å². The summed E-state index contributed by atoms with van der Waals surface area (Å²) in [6.07, 6.45) is 0. The number of aromatic nitrogens is 4. The number of nitrogen functional groups attached to an aromatic ring is 1. The maximum atomic E-state index is 12.7. The molecule has 0 saturated carbocycles. The lowest BCUT2D eigenvalue weighted by Crippen LogP contribution is -2.38. The van der Waals surface area contributed by atoms with Gasteiger partial charge in [-0.25, -0.2) is 4.79 Å². The Balaban J connectivity index is 1.64. The molecule has 0 spiro atoms. The Morgan fingerprint density at radius 3 is 2.50 bits per heavy atom. The molecule has 164 valence electrons. The number of benzene rings is 2. The van der Waals surface area contributed by atoms with Crippen LogP contribution in [0.15, 0.2) is 68.7 Å². The van der Waals surface area contributed by atoms with Gasteiger partial charge in [0.1, 0.15) is 11.5 Å². The zero-order valence-corrected chi connectivity index (χ0v) is 17.9. The van der Waals surface area contributed by atoms with Crippen LogP contribution in [-0.2, 0) is 13.1 Å². The van der Waals surface area contributed by atoms with Crippen molar-refractivity contribution in [3.8, 4) is 11.4 Å². The number of aryl methyl sites for hydroxylation is 1. The van der Waals surface area contributed by atoms with Crippen LogP contribution in [0.1, 0.15) is 23.9 Å². The summed E-state index contributed by atoms with van der Waals surface area (Å²) in [5, 5.41) is 4.04. The Labute approximate surface area is 184 Å². The Morgan fingerprint density at radius 2 is 1.81 bits per heavy atom. The van der Waals surface area contributed by atoms with E-state index in [4.69, 9.17) is 10.3 Å². The molecule has 0 aliphatic rings. The average Bonchev–Trinajstić information content (AvgIpc) is 3.25. The molecular weight excluding hydrogens is 408 g/mol. The molecule has 0 aliphatic heterocycles. The van der Waals surface area contributed by atoms with Gasteiger partial charge in [0.2, 0.25) is 11.7 Å². The first-order valence-electron chi connectivity index (χ1n) is 10.3. The normalized spacial score (nSPS) is 10.9. The lowest BCUT2D eigenvalue weighted by atomic mass is 10.1. The zero-order chi connectivity index (χ0) is 22.7. The molecule has 0 aliphatic carbocycles. The van der Waals surface area contributed by atoms with Crippen molar-refractivity contribution >= 4 is 11.5 Å². The van der Waals surface area contributed by atoms with Crippen molar-refractivity contribution in [2.45, 2.75) is 26.9 Å². The van der Waals surface area contributed by atoms with Gasteiger partial charge in [-0.2, -0.15) is 4.98 Å². The molecule has 4 aromatic rings. The molecule has 9 heteroatoms. The van der Waals surface area contributed by atoms with E-state index in [0.29, 0.717) is 18.3 Å². The van der Waals surface area contributed by atoms with E-state index >= 15 is 0 Å². The van der Waals surface area contributed by atoms with Gasteiger partial charge >= 0.3 is 5.69 Å². The van der Waals surface area contributed by atoms with Crippen molar-refractivity contribution in [3.63, 3.8) is 0 Å². The second kappa shape index (κ2) is 8.93. The van der Waals surface area contributed by atoms with Gasteiger partial charge in [-0.15, -0.1) is 0 Å². The zero-order valence-electron chi connectivity index (χ0n) is 17.9. The van der Waals surface area contributed by atoms with Crippen molar-refractivity contribution in [1.82, 2.24) is 19.7 Å². The summed E-state index contributed by atoms with van der Waals surface area (Å²) in [7, 11) is 0. The van der Waals surface area contributed by atoms with Gasteiger partial charge < -0.3 is 15.2 Å². The first-order chi connectivity index (χ1) is 15.5. The van der Waals surface area contributed by atoms with Crippen LogP contribution in [0.25, 0.3) is 11.4 Å². The highest BCUT2D eigenvalue weighted by Crippen LogP contribution is 2.21. The van der Waals surface area contributed by atoms with E-state index in [1.807, 2.05) is 68.4 Å². The predicted molar refractivity (Wildman–Crippen MR) is 122 cm³/mol. The average molecular weight is 432 g/mol. The minimum Gasteiger partial charge on any atom is -0.383 e. The summed E-state index contributed by atoms with van der Waals surface area (Å²) >= 11 is 0. The van der Waals surface area contributed by atoms with Gasteiger partial charge in [-0.05, 0) is 19.4 Å². The van der Waals surface area contributed by atoms with Crippen LogP contribution in [0.4, 0.5) is 11.5 Å². The van der Waals surface area contributed by atoms with Crippen molar-refractivity contribution in [2.24, 2.45) is 0 Å². The lowest BCUT2D eigenvalue weighted by molar-refractivity contribution is 0.377. The Morgan fingerprint density at radius 1 is 1.09 bits per heavy atom. The molecule has 3 N–H and O–H groups in total. The number of anilines is 2. The SMILES string of the molecule is CCN(Cc1nc(-c2ccc(C)cc2)no1)c1c(N)n(Cc2ccccc2)c(=O)[nH]c1=O. The van der Waals surface area contributed by atoms with Crippen molar-refractivity contribution in [1.29, 1.82) is 0 Å². The molecule has 9 nitrogen and oxygen atoms in total. The Hall–Kier alpha value is -4.14. The summed E-state index contributed by atoms with van der Waals surface area (Å²) in [5.41, 5.74) is 8.24. The van der Waals surface area contributed by atoms with Crippen LogP contribution >= 0.6 is 0 Å². The molecule has 0 atom stereocenters. The number of nitrogens with two attached hydrogens (primary N) is 1. The van der Waals surface area contributed by atoms with Crippen molar-refractivity contribution in [2.75, 3.05) is 17.2 Å². The number of nitrogens with zero attached hydrogens (tertiary/aromatic N) is 4. The summed E-state index contributed by atoms with van der Waals surface area (Å²) < 4.78 is 6.76.